The van der Waals surface area contributed by atoms with Crippen LogP contribution in [0.2, 0.25) is 0 Å². The molecule has 0 bridgehead atoms. The van der Waals surface area contributed by atoms with Crippen LogP contribution in [0.3, 0.4) is 0 Å². The number of likely N-dealkylation sites (N-methyl/N-ethyl adjacent to an activating group) is 1. The van der Waals surface area contributed by atoms with Gasteiger partial charge >= 0.3 is 0 Å². The van der Waals surface area contributed by atoms with Crippen LogP contribution in [-0.2, 0) is 0 Å². The second-order valence-corrected chi connectivity index (χ2v) is 7.93. The summed E-state index contributed by atoms with van der Waals surface area (Å²) in [6.45, 7) is 6.24. The van der Waals surface area contributed by atoms with E-state index in [1.54, 1.807) is 24.3 Å². The van der Waals surface area contributed by atoms with Gasteiger partial charge in [-0.25, -0.2) is 4.98 Å². The SMILES string of the molecule is CCN(CC)CC(O)CNC(=O)c1ccc(NC(=O)c2c(N)ncc3cc([N+](=O)[O-])ccc23)cc1. The number of nitro benzene ring substituents is 1. The highest BCUT2D eigenvalue weighted by Gasteiger charge is 2.18. The Kier molecular flexibility index (Phi) is 8.29. The van der Waals surface area contributed by atoms with Crippen LogP contribution in [0.4, 0.5) is 17.2 Å². The summed E-state index contributed by atoms with van der Waals surface area (Å²) < 4.78 is 0. The summed E-state index contributed by atoms with van der Waals surface area (Å²) >= 11 is 0. The van der Waals surface area contributed by atoms with Gasteiger partial charge in [0.05, 0.1) is 16.6 Å². The molecule has 0 spiro atoms. The molecule has 35 heavy (non-hydrogen) atoms. The molecule has 0 fully saturated rings. The number of rotatable bonds is 10. The van der Waals surface area contributed by atoms with Crippen molar-refractivity contribution < 1.29 is 19.6 Å². The summed E-state index contributed by atoms with van der Waals surface area (Å²) in [7, 11) is 0. The monoisotopic (exact) mass is 480 g/mol. The summed E-state index contributed by atoms with van der Waals surface area (Å²) in [5.41, 5.74) is 6.70. The van der Waals surface area contributed by atoms with Crippen molar-refractivity contribution in [2.75, 3.05) is 37.2 Å². The smallest absolute Gasteiger partial charge is 0.270 e. The molecule has 1 aromatic heterocycles. The Balaban J connectivity index is 1.67. The maximum absolute atomic E-state index is 12.9. The Morgan fingerprint density at radius 3 is 2.46 bits per heavy atom. The van der Waals surface area contributed by atoms with Gasteiger partial charge in [0.25, 0.3) is 17.5 Å². The predicted octanol–water partition coefficient (Wildman–Crippen LogP) is 2.41. The van der Waals surface area contributed by atoms with Crippen molar-refractivity contribution >= 4 is 39.8 Å². The Morgan fingerprint density at radius 2 is 1.83 bits per heavy atom. The average Bonchev–Trinajstić information content (AvgIpc) is 2.85. The van der Waals surface area contributed by atoms with Crippen LogP contribution in [-0.4, -0.2) is 64.0 Å². The Bertz CT molecular complexity index is 1230. The summed E-state index contributed by atoms with van der Waals surface area (Å²) in [5.74, 6) is -0.889. The third-order valence-corrected chi connectivity index (χ3v) is 5.61. The van der Waals surface area contributed by atoms with Gasteiger partial charge in [0.2, 0.25) is 0 Å². The van der Waals surface area contributed by atoms with Crippen LogP contribution >= 0.6 is 0 Å². The zero-order valence-electron chi connectivity index (χ0n) is 19.5. The molecular formula is C24H28N6O5. The van der Waals surface area contributed by atoms with E-state index in [1.165, 1.54) is 24.4 Å². The van der Waals surface area contributed by atoms with Gasteiger partial charge in [-0.3, -0.25) is 19.7 Å². The summed E-state index contributed by atoms with van der Waals surface area (Å²) in [6, 6.07) is 10.3. The molecule has 3 aromatic rings. The Labute approximate surface area is 202 Å². The van der Waals surface area contributed by atoms with E-state index >= 15 is 0 Å². The summed E-state index contributed by atoms with van der Waals surface area (Å²) in [4.78, 5) is 41.9. The topological polar surface area (TPSA) is 164 Å². The number of carbonyl (C=O) groups is 2. The second-order valence-electron chi connectivity index (χ2n) is 7.93. The van der Waals surface area contributed by atoms with Gasteiger partial charge in [-0.2, -0.15) is 0 Å². The number of nitrogen functional groups attached to an aromatic ring is 1. The second kappa shape index (κ2) is 11.4. The van der Waals surface area contributed by atoms with Crippen molar-refractivity contribution in [1.82, 2.24) is 15.2 Å². The number of aromatic nitrogens is 1. The lowest BCUT2D eigenvalue weighted by Gasteiger charge is -2.22. The average molecular weight is 481 g/mol. The minimum Gasteiger partial charge on any atom is -0.390 e. The molecule has 11 nitrogen and oxygen atoms in total. The highest BCUT2D eigenvalue weighted by Crippen LogP contribution is 2.27. The number of aliphatic hydroxyl groups is 1. The number of non-ortho nitro benzene ring substituents is 1. The molecule has 1 heterocycles. The number of hydrogen-bond donors (Lipinski definition) is 4. The predicted molar refractivity (Wildman–Crippen MR) is 133 cm³/mol. The number of fused-ring (bicyclic) bond motifs is 1. The molecule has 184 valence electrons. The van der Waals surface area contributed by atoms with Crippen LogP contribution in [0.1, 0.15) is 34.6 Å². The first-order chi connectivity index (χ1) is 16.7. The van der Waals surface area contributed by atoms with E-state index in [0.717, 1.165) is 13.1 Å². The highest BCUT2D eigenvalue weighted by atomic mass is 16.6. The molecular weight excluding hydrogens is 452 g/mol. The number of hydrogen-bond acceptors (Lipinski definition) is 8. The summed E-state index contributed by atoms with van der Waals surface area (Å²) in [5, 5.41) is 27.4. The number of anilines is 2. The molecule has 0 saturated carbocycles. The van der Waals surface area contributed by atoms with Gasteiger partial charge in [-0.15, -0.1) is 0 Å². The zero-order valence-corrected chi connectivity index (χ0v) is 19.5. The lowest BCUT2D eigenvalue weighted by Crippen LogP contribution is -2.40. The number of benzene rings is 2. The number of nitrogens with zero attached hydrogens (tertiary/aromatic N) is 3. The minimum atomic E-state index is -0.682. The molecule has 5 N–H and O–H groups in total. The fourth-order valence-electron chi connectivity index (χ4n) is 3.63. The van der Waals surface area contributed by atoms with Crippen molar-refractivity contribution in [3.05, 3.63) is 69.9 Å². The van der Waals surface area contributed by atoms with Crippen molar-refractivity contribution in [1.29, 1.82) is 0 Å². The van der Waals surface area contributed by atoms with E-state index < -0.39 is 16.9 Å². The molecule has 2 aromatic carbocycles. The van der Waals surface area contributed by atoms with Crippen molar-refractivity contribution in [3.63, 3.8) is 0 Å². The molecule has 0 radical (unpaired) electrons. The van der Waals surface area contributed by atoms with E-state index in [2.05, 4.69) is 20.5 Å². The number of pyridine rings is 1. The number of carbonyl (C=O) groups excluding carboxylic acids is 2. The van der Waals surface area contributed by atoms with Crippen LogP contribution in [0.25, 0.3) is 10.8 Å². The fraction of sp³-hybridized carbons (Fsp3) is 0.292. The number of nitrogens with one attached hydrogen (secondary N) is 2. The maximum Gasteiger partial charge on any atom is 0.270 e. The van der Waals surface area contributed by atoms with Crippen molar-refractivity contribution in [2.45, 2.75) is 20.0 Å². The lowest BCUT2D eigenvalue weighted by atomic mass is 10.1. The quantitative estimate of drug-likeness (QED) is 0.254. The van der Waals surface area contributed by atoms with Crippen LogP contribution < -0.4 is 16.4 Å². The van der Waals surface area contributed by atoms with Gasteiger partial charge in [0.1, 0.15) is 5.82 Å². The van der Waals surface area contributed by atoms with Crippen LogP contribution in [0.5, 0.6) is 0 Å². The van der Waals surface area contributed by atoms with Gasteiger partial charge in [-0.1, -0.05) is 13.8 Å². The first-order valence-corrected chi connectivity index (χ1v) is 11.2. The van der Waals surface area contributed by atoms with Gasteiger partial charge < -0.3 is 26.4 Å². The third-order valence-electron chi connectivity index (χ3n) is 5.61. The normalized spacial score (nSPS) is 11.9. The summed E-state index contributed by atoms with van der Waals surface area (Å²) in [6.07, 6.45) is 0.694. The molecule has 0 saturated heterocycles. The Hall–Kier alpha value is -4.09. The van der Waals surface area contributed by atoms with Gasteiger partial charge in [-0.05, 0) is 43.4 Å². The van der Waals surface area contributed by atoms with Crippen LogP contribution in [0.15, 0.2) is 48.7 Å². The van der Waals surface area contributed by atoms with Crippen molar-refractivity contribution in [2.24, 2.45) is 0 Å². The number of nitro groups is 1. The molecule has 1 atom stereocenters. The van der Waals surface area contributed by atoms with E-state index in [-0.39, 0.29) is 29.5 Å². The molecule has 11 heteroatoms. The molecule has 0 aliphatic heterocycles. The van der Waals surface area contributed by atoms with E-state index in [9.17, 15) is 24.8 Å². The highest BCUT2D eigenvalue weighted by molar-refractivity contribution is 6.16. The van der Waals surface area contributed by atoms with E-state index in [4.69, 9.17) is 5.73 Å². The van der Waals surface area contributed by atoms with Gasteiger partial charge in [0, 0.05) is 53.4 Å². The lowest BCUT2D eigenvalue weighted by molar-refractivity contribution is -0.384. The third kappa shape index (κ3) is 6.28. The zero-order chi connectivity index (χ0) is 25.5. The van der Waals surface area contributed by atoms with E-state index in [0.29, 0.717) is 28.6 Å². The maximum atomic E-state index is 12.9. The number of amides is 2. The van der Waals surface area contributed by atoms with Gasteiger partial charge in [0.15, 0.2) is 0 Å². The molecule has 2 amide bonds. The molecule has 0 aliphatic carbocycles. The number of nitrogens with two attached hydrogens (primary N) is 1. The minimum absolute atomic E-state index is 0.0110. The Morgan fingerprint density at radius 1 is 1.14 bits per heavy atom. The standard InChI is InChI=1S/C24H28N6O5/c1-3-29(4-2)14-19(31)13-27-23(32)15-5-7-17(8-6-15)28-24(33)21-20-10-9-18(30(34)35)11-16(20)12-26-22(21)25/h5-12,19,31H,3-4,13-14H2,1-2H3,(H2,25,26)(H,27,32)(H,28,33). The molecule has 0 aliphatic rings. The fourth-order valence-corrected chi connectivity index (χ4v) is 3.63. The number of aliphatic hydroxyl groups excluding tert-OH is 1. The first-order valence-electron chi connectivity index (χ1n) is 11.2. The van der Waals surface area contributed by atoms with E-state index in [1.807, 2.05) is 13.8 Å². The molecule has 3 rings (SSSR count). The largest absolute Gasteiger partial charge is 0.390 e. The van der Waals surface area contributed by atoms with Crippen LogP contribution in [0, 0.1) is 10.1 Å². The van der Waals surface area contributed by atoms with Crippen molar-refractivity contribution in [3.8, 4) is 0 Å². The molecule has 1 unspecified atom stereocenters. The first kappa shape index (κ1) is 25.5.